The van der Waals surface area contributed by atoms with E-state index >= 15 is 0 Å². The Balaban J connectivity index is 2.03. The predicted octanol–water partition coefficient (Wildman–Crippen LogP) is 3.06. The van der Waals surface area contributed by atoms with Gasteiger partial charge in [0, 0.05) is 6.04 Å². The molecule has 0 heterocycles. The van der Waals surface area contributed by atoms with Crippen molar-refractivity contribution in [3.8, 4) is 0 Å². The van der Waals surface area contributed by atoms with Crippen molar-refractivity contribution in [1.82, 2.24) is 5.32 Å². The van der Waals surface area contributed by atoms with E-state index in [0.717, 1.165) is 17.9 Å². The third kappa shape index (κ3) is 1.27. The number of fused-ring (bicyclic) bond motifs is 3. The summed E-state index contributed by atoms with van der Waals surface area (Å²) in [5, 5.41) is 3.47. The fraction of sp³-hybridized carbons (Fsp3) is 0.600. The van der Waals surface area contributed by atoms with E-state index in [0.29, 0.717) is 5.41 Å². The molecule has 3 atom stereocenters. The second kappa shape index (κ2) is 3.33. The Morgan fingerprint density at radius 1 is 1.25 bits per heavy atom. The van der Waals surface area contributed by atoms with E-state index in [1.807, 2.05) is 0 Å². The molecule has 86 valence electrons. The van der Waals surface area contributed by atoms with Crippen LogP contribution in [0.4, 0.5) is 0 Å². The molecule has 1 N–H and O–H groups in total. The van der Waals surface area contributed by atoms with Crippen molar-refractivity contribution in [1.29, 1.82) is 0 Å². The summed E-state index contributed by atoms with van der Waals surface area (Å²) in [5.41, 5.74) is 3.56. The number of hydrogen-bond donors (Lipinski definition) is 1. The zero-order chi connectivity index (χ0) is 11.3. The summed E-state index contributed by atoms with van der Waals surface area (Å²) in [4.78, 5) is 0. The summed E-state index contributed by atoms with van der Waals surface area (Å²) < 4.78 is 0. The highest BCUT2D eigenvalue weighted by atomic mass is 14.9. The summed E-state index contributed by atoms with van der Waals surface area (Å²) >= 11 is 0. The van der Waals surface area contributed by atoms with Crippen LogP contribution in [0.2, 0.25) is 0 Å². The lowest BCUT2D eigenvalue weighted by atomic mass is 9.54. The van der Waals surface area contributed by atoms with Crippen LogP contribution in [0, 0.1) is 5.92 Å². The van der Waals surface area contributed by atoms with Crippen LogP contribution in [0.5, 0.6) is 0 Å². The molecule has 0 spiro atoms. The van der Waals surface area contributed by atoms with E-state index in [1.54, 1.807) is 11.1 Å². The lowest BCUT2D eigenvalue weighted by molar-refractivity contribution is 0.118. The maximum absolute atomic E-state index is 3.47. The van der Waals surface area contributed by atoms with Gasteiger partial charge in [-0.25, -0.2) is 0 Å². The number of hydrogen-bond acceptors (Lipinski definition) is 1. The molecule has 1 nitrogen and oxygen atoms in total. The van der Waals surface area contributed by atoms with Crippen LogP contribution >= 0.6 is 0 Å². The molecule has 1 fully saturated rings. The average molecular weight is 215 g/mol. The van der Waals surface area contributed by atoms with Crippen LogP contribution in [0.3, 0.4) is 0 Å². The minimum Gasteiger partial charge on any atom is -0.317 e. The molecule has 0 bridgehead atoms. The van der Waals surface area contributed by atoms with E-state index in [1.165, 1.54) is 12.8 Å². The van der Waals surface area contributed by atoms with Gasteiger partial charge in [-0.15, -0.1) is 0 Å². The number of nitrogens with one attached hydrogen (secondary N) is 1. The van der Waals surface area contributed by atoms with Gasteiger partial charge in [-0.2, -0.15) is 0 Å². The summed E-state index contributed by atoms with van der Waals surface area (Å²) in [6.07, 6.45) is 2.66. The van der Waals surface area contributed by atoms with Gasteiger partial charge in [0.15, 0.2) is 0 Å². The van der Waals surface area contributed by atoms with Gasteiger partial charge in [0.25, 0.3) is 0 Å². The second-order valence-electron chi connectivity index (χ2n) is 6.08. The lowest BCUT2D eigenvalue weighted by Crippen LogP contribution is -2.52. The molecular formula is C15H21N. The SMILES string of the molecule is CNC1CC2c3ccccc3C(C)(C)CC12. The van der Waals surface area contributed by atoms with Gasteiger partial charge in [0.1, 0.15) is 0 Å². The topological polar surface area (TPSA) is 12.0 Å². The second-order valence-corrected chi connectivity index (χ2v) is 6.08. The molecule has 0 saturated heterocycles. The molecule has 1 aromatic carbocycles. The van der Waals surface area contributed by atoms with Crippen molar-refractivity contribution >= 4 is 0 Å². The molecule has 0 aromatic heterocycles. The van der Waals surface area contributed by atoms with E-state index in [4.69, 9.17) is 0 Å². The van der Waals surface area contributed by atoms with Crippen LogP contribution in [-0.4, -0.2) is 13.1 Å². The normalized spacial score (nSPS) is 34.8. The van der Waals surface area contributed by atoms with Crippen molar-refractivity contribution in [2.24, 2.45) is 5.92 Å². The van der Waals surface area contributed by atoms with Crippen molar-refractivity contribution < 1.29 is 0 Å². The smallest absolute Gasteiger partial charge is 0.0104 e. The zero-order valence-electron chi connectivity index (χ0n) is 10.5. The zero-order valence-corrected chi connectivity index (χ0v) is 10.5. The van der Waals surface area contributed by atoms with Gasteiger partial charge in [0.2, 0.25) is 0 Å². The van der Waals surface area contributed by atoms with Crippen LogP contribution in [0.15, 0.2) is 24.3 Å². The van der Waals surface area contributed by atoms with Crippen molar-refractivity contribution in [3.63, 3.8) is 0 Å². The van der Waals surface area contributed by atoms with Crippen molar-refractivity contribution in [3.05, 3.63) is 35.4 Å². The molecule has 0 amide bonds. The Morgan fingerprint density at radius 3 is 2.75 bits per heavy atom. The third-order valence-corrected chi connectivity index (χ3v) is 4.75. The number of benzene rings is 1. The molecule has 1 heteroatoms. The number of rotatable bonds is 1. The molecule has 16 heavy (non-hydrogen) atoms. The van der Waals surface area contributed by atoms with Crippen molar-refractivity contribution in [2.45, 2.75) is 44.1 Å². The molecule has 0 aliphatic heterocycles. The Hall–Kier alpha value is -0.820. The fourth-order valence-corrected chi connectivity index (χ4v) is 3.82. The Kier molecular flexibility index (Phi) is 2.16. The summed E-state index contributed by atoms with van der Waals surface area (Å²) in [5.74, 6) is 1.68. The Morgan fingerprint density at radius 2 is 2.00 bits per heavy atom. The molecule has 2 aliphatic carbocycles. The Labute approximate surface area is 98.3 Å². The highest BCUT2D eigenvalue weighted by Gasteiger charge is 2.48. The highest BCUT2D eigenvalue weighted by molar-refractivity contribution is 5.41. The van der Waals surface area contributed by atoms with Gasteiger partial charge in [0.05, 0.1) is 0 Å². The van der Waals surface area contributed by atoms with Crippen LogP contribution in [-0.2, 0) is 5.41 Å². The van der Waals surface area contributed by atoms with E-state index in [9.17, 15) is 0 Å². The summed E-state index contributed by atoms with van der Waals surface area (Å²) in [7, 11) is 2.11. The van der Waals surface area contributed by atoms with Crippen molar-refractivity contribution in [2.75, 3.05) is 7.05 Å². The maximum Gasteiger partial charge on any atom is 0.0104 e. The third-order valence-electron chi connectivity index (χ3n) is 4.75. The van der Waals surface area contributed by atoms with Gasteiger partial charge < -0.3 is 5.32 Å². The molecule has 3 rings (SSSR count). The highest BCUT2D eigenvalue weighted by Crippen LogP contribution is 2.54. The first-order valence-corrected chi connectivity index (χ1v) is 6.40. The predicted molar refractivity (Wildman–Crippen MR) is 67.8 cm³/mol. The first-order chi connectivity index (χ1) is 7.63. The van der Waals surface area contributed by atoms with Crippen LogP contribution in [0.25, 0.3) is 0 Å². The average Bonchev–Trinajstić information content (AvgIpc) is 2.25. The van der Waals surface area contributed by atoms with Gasteiger partial charge in [-0.05, 0) is 48.3 Å². The monoisotopic (exact) mass is 215 g/mol. The van der Waals surface area contributed by atoms with E-state index in [2.05, 4.69) is 50.5 Å². The quantitative estimate of drug-likeness (QED) is 0.759. The van der Waals surface area contributed by atoms with E-state index in [-0.39, 0.29) is 0 Å². The summed E-state index contributed by atoms with van der Waals surface area (Å²) in [6.45, 7) is 4.79. The van der Waals surface area contributed by atoms with Gasteiger partial charge in [-0.1, -0.05) is 38.1 Å². The Bertz CT molecular complexity index is 408. The maximum atomic E-state index is 3.47. The fourth-order valence-electron chi connectivity index (χ4n) is 3.82. The minimum absolute atomic E-state index is 0.354. The first kappa shape index (κ1) is 10.3. The van der Waals surface area contributed by atoms with E-state index < -0.39 is 0 Å². The summed E-state index contributed by atoms with van der Waals surface area (Å²) in [6, 6.07) is 9.81. The molecule has 1 saturated carbocycles. The molecule has 0 radical (unpaired) electrons. The van der Waals surface area contributed by atoms with Crippen LogP contribution < -0.4 is 5.32 Å². The molecule has 1 aromatic rings. The lowest BCUT2D eigenvalue weighted by Gasteiger charge is -2.53. The molecule has 2 aliphatic rings. The largest absolute Gasteiger partial charge is 0.317 e. The molecular weight excluding hydrogens is 194 g/mol. The first-order valence-electron chi connectivity index (χ1n) is 6.40. The standard InChI is InChI=1S/C15H21N/c1-15(2)9-12-11(8-14(12)16-3)10-6-4-5-7-13(10)15/h4-7,11-12,14,16H,8-9H2,1-3H3. The minimum atomic E-state index is 0.354. The van der Waals surface area contributed by atoms with Crippen LogP contribution in [0.1, 0.15) is 43.7 Å². The van der Waals surface area contributed by atoms with Gasteiger partial charge in [-0.3, -0.25) is 0 Å². The molecule has 3 unspecified atom stereocenters. The van der Waals surface area contributed by atoms with Gasteiger partial charge >= 0.3 is 0 Å².